The lowest BCUT2D eigenvalue weighted by Crippen LogP contribution is -2.42. The van der Waals surface area contributed by atoms with E-state index in [9.17, 15) is 14.7 Å². The maximum Gasteiger partial charge on any atom is 0.257 e. The molecule has 2 aromatic carbocycles. The van der Waals surface area contributed by atoms with E-state index in [-0.39, 0.29) is 31.0 Å². The first-order valence-corrected chi connectivity index (χ1v) is 10.3. The fraction of sp³-hybridized carbons (Fsp3) is 0.292. The number of nitrogens with zero attached hydrogens (tertiary/aromatic N) is 3. The molecule has 1 aliphatic rings. The topological polar surface area (TPSA) is 84.7 Å². The second-order valence-electron chi connectivity index (χ2n) is 7.60. The van der Waals surface area contributed by atoms with Crippen molar-refractivity contribution in [3.63, 3.8) is 0 Å². The van der Waals surface area contributed by atoms with Gasteiger partial charge in [-0.1, -0.05) is 36.4 Å². The number of benzene rings is 2. The smallest absolute Gasteiger partial charge is 0.257 e. The van der Waals surface area contributed by atoms with Crippen LogP contribution in [0.3, 0.4) is 0 Å². The molecule has 0 radical (unpaired) electrons. The molecule has 0 saturated heterocycles. The Morgan fingerprint density at radius 2 is 1.94 bits per heavy atom. The molecular weight excluding hydrogens is 394 g/mol. The fourth-order valence-corrected chi connectivity index (χ4v) is 3.86. The lowest BCUT2D eigenvalue weighted by Gasteiger charge is -2.30. The summed E-state index contributed by atoms with van der Waals surface area (Å²) in [6.45, 7) is 4.21. The van der Waals surface area contributed by atoms with Gasteiger partial charge in [-0.25, -0.2) is 4.98 Å². The Balaban J connectivity index is 1.78. The van der Waals surface area contributed by atoms with Crippen molar-refractivity contribution in [2.45, 2.75) is 26.8 Å². The Labute approximate surface area is 180 Å². The van der Waals surface area contributed by atoms with E-state index >= 15 is 0 Å². The molecule has 0 saturated carbocycles. The van der Waals surface area contributed by atoms with Crippen LogP contribution in [0.2, 0.25) is 0 Å². The molecule has 1 aliphatic heterocycles. The van der Waals surface area contributed by atoms with Crippen LogP contribution in [-0.4, -0.2) is 40.3 Å². The summed E-state index contributed by atoms with van der Waals surface area (Å²) >= 11 is 0. The molecule has 2 heterocycles. The summed E-state index contributed by atoms with van der Waals surface area (Å²) in [6, 6.07) is 15.1. The summed E-state index contributed by atoms with van der Waals surface area (Å²) in [5.41, 5.74) is 3.17. The molecule has 1 aromatic heterocycles. The number of fused-ring (bicyclic) bond motifs is 1. The number of carbonyl (C=O) groups excluding carboxylic acids is 1. The number of ether oxygens (including phenoxy) is 1. The Morgan fingerprint density at radius 3 is 2.68 bits per heavy atom. The summed E-state index contributed by atoms with van der Waals surface area (Å²) in [7, 11) is 0. The van der Waals surface area contributed by atoms with Crippen LogP contribution in [0, 0.1) is 13.8 Å². The molecule has 31 heavy (non-hydrogen) atoms. The van der Waals surface area contributed by atoms with E-state index in [1.807, 2.05) is 55.5 Å². The predicted octanol–water partition coefficient (Wildman–Crippen LogP) is 2.49. The highest BCUT2D eigenvalue weighted by Crippen LogP contribution is 2.32. The summed E-state index contributed by atoms with van der Waals surface area (Å²) in [5, 5.41) is 9.40. The molecule has 0 bridgehead atoms. The molecule has 7 heteroatoms. The maximum atomic E-state index is 13.4. The zero-order chi connectivity index (χ0) is 22.0. The van der Waals surface area contributed by atoms with E-state index in [2.05, 4.69) is 4.98 Å². The summed E-state index contributed by atoms with van der Waals surface area (Å²) in [6.07, 6.45) is 0.195. The normalized spacial score (nSPS) is 12.9. The van der Waals surface area contributed by atoms with Crippen LogP contribution in [0.1, 0.15) is 16.8 Å². The van der Waals surface area contributed by atoms with Crippen LogP contribution in [0.5, 0.6) is 5.75 Å². The second kappa shape index (κ2) is 8.73. The molecule has 160 valence electrons. The number of aliphatic hydroxyl groups excluding tert-OH is 1. The van der Waals surface area contributed by atoms with Crippen LogP contribution in [-0.2, 0) is 17.8 Å². The third kappa shape index (κ3) is 4.09. The highest BCUT2D eigenvalue weighted by molar-refractivity contribution is 5.95. The van der Waals surface area contributed by atoms with Gasteiger partial charge in [-0.3, -0.25) is 14.2 Å². The standard InChI is InChI=1S/C24H25N3O4/c1-16-8-9-21-20(14-16)26(11-13-31-21)22(29)15-27-23(18-6-4-3-5-7-18)25-17(2)19(10-12-28)24(27)30/h3-9,14,28H,10-13,15H2,1-2H3. The lowest BCUT2D eigenvalue weighted by atomic mass is 10.1. The fourth-order valence-electron chi connectivity index (χ4n) is 3.86. The molecule has 7 nitrogen and oxygen atoms in total. The Hall–Kier alpha value is -3.45. The molecule has 1 amide bonds. The van der Waals surface area contributed by atoms with Gasteiger partial charge in [0.1, 0.15) is 24.7 Å². The van der Waals surface area contributed by atoms with Crippen LogP contribution < -0.4 is 15.2 Å². The van der Waals surface area contributed by atoms with E-state index in [0.29, 0.717) is 41.7 Å². The zero-order valence-electron chi connectivity index (χ0n) is 17.7. The third-order valence-electron chi connectivity index (χ3n) is 5.44. The van der Waals surface area contributed by atoms with Crippen molar-refractivity contribution in [1.29, 1.82) is 0 Å². The van der Waals surface area contributed by atoms with Crippen LogP contribution in [0.25, 0.3) is 11.4 Å². The third-order valence-corrected chi connectivity index (χ3v) is 5.44. The first-order valence-electron chi connectivity index (χ1n) is 10.3. The van der Waals surface area contributed by atoms with Crippen molar-refractivity contribution in [3.05, 3.63) is 75.7 Å². The van der Waals surface area contributed by atoms with Gasteiger partial charge in [-0.15, -0.1) is 0 Å². The number of aliphatic hydroxyl groups is 1. The van der Waals surface area contributed by atoms with E-state index < -0.39 is 0 Å². The van der Waals surface area contributed by atoms with Crippen molar-refractivity contribution >= 4 is 11.6 Å². The number of rotatable bonds is 5. The highest BCUT2D eigenvalue weighted by atomic mass is 16.5. The molecule has 0 fully saturated rings. The number of carbonyl (C=O) groups is 1. The molecule has 3 aromatic rings. The summed E-state index contributed by atoms with van der Waals surface area (Å²) in [4.78, 5) is 33.0. The van der Waals surface area contributed by atoms with Crippen molar-refractivity contribution in [2.75, 3.05) is 24.7 Å². The van der Waals surface area contributed by atoms with Crippen molar-refractivity contribution in [2.24, 2.45) is 0 Å². The van der Waals surface area contributed by atoms with Gasteiger partial charge in [-0.2, -0.15) is 0 Å². The van der Waals surface area contributed by atoms with Crippen molar-refractivity contribution < 1.29 is 14.6 Å². The zero-order valence-corrected chi connectivity index (χ0v) is 17.7. The minimum atomic E-state index is -0.300. The molecular formula is C24H25N3O4. The summed E-state index contributed by atoms with van der Waals surface area (Å²) < 4.78 is 7.11. The first-order chi connectivity index (χ1) is 15.0. The van der Waals surface area contributed by atoms with Gasteiger partial charge < -0.3 is 14.7 Å². The van der Waals surface area contributed by atoms with Gasteiger partial charge in [0.05, 0.1) is 12.2 Å². The van der Waals surface area contributed by atoms with Gasteiger partial charge in [0.15, 0.2) is 0 Å². The van der Waals surface area contributed by atoms with Gasteiger partial charge in [0.25, 0.3) is 5.56 Å². The molecule has 1 N–H and O–H groups in total. The largest absolute Gasteiger partial charge is 0.490 e. The first kappa shape index (κ1) is 20.8. The van der Waals surface area contributed by atoms with Crippen molar-refractivity contribution in [1.82, 2.24) is 9.55 Å². The maximum absolute atomic E-state index is 13.4. The monoisotopic (exact) mass is 419 g/mol. The molecule has 0 aliphatic carbocycles. The Bertz CT molecular complexity index is 1170. The summed E-state index contributed by atoms with van der Waals surface area (Å²) in [5.74, 6) is 0.884. The van der Waals surface area contributed by atoms with E-state index in [4.69, 9.17) is 4.74 Å². The lowest BCUT2D eigenvalue weighted by molar-refractivity contribution is -0.119. The average Bonchev–Trinajstić information content (AvgIpc) is 2.78. The van der Waals surface area contributed by atoms with Gasteiger partial charge >= 0.3 is 0 Å². The number of anilines is 1. The number of aromatic nitrogens is 2. The molecule has 0 spiro atoms. The molecule has 0 atom stereocenters. The number of amides is 1. The molecule has 4 rings (SSSR count). The number of hydrogen-bond donors (Lipinski definition) is 1. The van der Waals surface area contributed by atoms with E-state index in [0.717, 1.165) is 11.1 Å². The average molecular weight is 419 g/mol. The number of hydrogen-bond acceptors (Lipinski definition) is 5. The Morgan fingerprint density at radius 1 is 1.16 bits per heavy atom. The van der Waals surface area contributed by atoms with Crippen LogP contribution >= 0.6 is 0 Å². The van der Waals surface area contributed by atoms with Gasteiger partial charge in [-0.05, 0) is 31.5 Å². The molecule has 0 unspecified atom stereocenters. The number of aryl methyl sites for hydroxylation is 2. The van der Waals surface area contributed by atoms with Crippen LogP contribution in [0.15, 0.2) is 53.3 Å². The van der Waals surface area contributed by atoms with Crippen LogP contribution in [0.4, 0.5) is 5.69 Å². The van der Waals surface area contributed by atoms with Gasteiger partial charge in [0, 0.05) is 29.8 Å². The van der Waals surface area contributed by atoms with E-state index in [1.54, 1.807) is 11.8 Å². The van der Waals surface area contributed by atoms with Crippen molar-refractivity contribution in [3.8, 4) is 17.1 Å². The minimum absolute atomic E-state index is 0.151. The Kier molecular flexibility index (Phi) is 5.86. The minimum Gasteiger partial charge on any atom is -0.490 e. The predicted molar refractivity (Wildman–Crippen MR) is 118 cm³/mol. The highest BCUT2D eigenvalue weighted by Gasteiger charge is 2.26. The van der Waals surface area contributed by atoms with E-state index in [1.165, 1.54) is 4.57 Å². The second-order valence-corrected chi connectivity index (χ2v) is 7.60. The van der Waals surface area contributed by atoms with Gasteiger partial charge in [0.2, 0.25) is 5.91 Å². The SMILES string of the molecule is Cc1ccc2c(c1)N(C(=O)Cn1c(-c3ccccc3)nc(C)c(CCO)c1=O)CCO2. The quantitative estimate of drug-likeness (QED) is 0.687.